The van der Waals surface area contributed by atoms with Crippen LogP contribution in [-0.2, 0) is 14.8 Å². The van der Waals surface area contributed by atoms with Crippen molar-refractivity contribution >= 4 is 21.7 Å². The molecule has 1 aromatic carbocycles. The lowest BCUT2D eigenvalue weighted by Gasteiger charge is -2.12. The molecule has 0 aliphatic carbocycles. The van der Waals surface area contributed by atoms with Crippen LogP contribution in [0.4, 0.5) is 5.69 Å². The van der Waals surface area contributed by atoms with Gasteiger partial charge in [-0.3, -0.25) is 9.52 Å². The zero-order chi connectivity index (χ0) is 14.5. The highest BCUT2D eigenvalue weighted by Gasteiger charge is 2.27. The Morgan fingerprint density at radius 3 is 2.74 bits per heavy atom. The van der Waals surface area contributed by atoms with Gasteiger partial charge in [0.2, 0.25) is 10.0 Å². The van der Waals surface area contributed by atoms with Gasteiger partial charge in [0.15, 0.2) is 5.25 Å². The Balaban J connectivity index is 2.85. The minimum Gasteiger partial charge on any atom is -0.494 e. The normalized spacial score (nSPS) is 12.7. The number of sulfonamides is 1. The lowest BCUT2D eigenvalue weighted by molar-refractivity contribution is -0.136. The number of benzene rings is 1. The molecule has 0 aliphatic heterocycles. The average molecular weight is 287 g/mol. The number of anilines is 1. The van der Waals surface area contributed by atoms with Gasteiger partial charge >= 0.3 is 5.97 Å². The summed E-state index contributed by atoms with van der Waals surface area (Å²) in [5.74, 6) is -0.865. The van der Waals surface area contributed by atoms with Crippen LogP contribution in [0.25, 0.3) is 0 Å². The summed E-state index contributed by atoms with van der Waals surface area (Å²) in [6.07, 6.45) is 0.839. The molecule has 0 amide bonds. The number of carbonyl (C=O) groups is 1. The van der Waals surface area contributed by atoms with Gasteiger partial charge in [-0.2, -0.15) is 0 Å². The van der Waals surface area contributed by atoms with Crippen molar-refractivity contribution in [2.75, 3.05) is 11.3 Å². The first-order valence-electron chi connectivity index (χ1n) is 5.84. The summed E-state index contributed by atoms with van der Waals surface area (Å²) in [7, 11) is -3.95. The molecular formula is C12H17NO5S. The van der Waals surface area contributed by atoms with Gasteiger partial charge < -0.3 is 9.84 Å². The fraction of sp³-hybridized carbons (Fsp3) is 0.417. The standard InChI is InChI=1S/C12H17NO5S/c1-3-7-18-11-6-4-5-10(8-11)13-19(16,17)9(2)12(14)15/h4-6,8-9,13H,3,7H2,1-2H3,(H,14,15). The van der Waals surface area contributed by atoms with E-state index in [1.54, 1.807) is 12.1 Å². The molecule has 0 fully saturated rings. The Labute approximate surface area is 112 Å². The summed E-state index contributed by atoms with van der Waals surface area (Å²) >= 11 is 0. The smallest absolute Gasteiger partial charge is 0.323 e. The van der Waals surface area contributed by atoms with E-state index in [-0.39, 0.29) is 5.69 Å². The number of ether oxygens (including phenoxy) is 1. The van der Waals surface area contributed by atoms with Crippen molar-refractivity contribution in [1.82, 2.24) is 0 Å². The molecule has 0 spiro atoms. The summed E-state index contributed by atoms with van der Waals surface area (Å²) < 4.78 is 31.1. The Morgan fingerprint density at radius 2 is 2.16 bits per heavy atom. The van der Waals surface area contributed by atoms with Crippen LogP contribution in [0.1, 0.15) is 20.3 Å². The molecular weight excluding hydrogens is 270 g/mol. The molecule has 0 saturated carbocycles. The van der Waals surface area contributed by atoms with Crippen molar-refractivity contribution in [3.05, 3.63) is 24.3 Å². The second-order valence-corrected chi connectivity index (χ2v) is 6.01. The molecule has 0 bridgehead atoms. The first-order valence-corrected chi connectivity index (χ1v) is 7.38. The second-order valence-electron chi connectivity index (χ2n) is 4.00. The maximum absolute atomic E-state index is 11.7. The molecule has 1 unspecified atom stereocenters. The van der Waals surface area contributed by atoms with Crippen LogP contribution in [-0.4, -0.2) is 31.4 Å². The Hall–Kier alpha value is -1.76. The number of rotatable bonds is 7. The predicted molar refractivity (Wildman–Crippen MR) is 71.9 cm³/mol. The minimum absolute atomic E-state index is 0.279. The predicted octanol–water partition coefficient (Wildman–Crippen LogP) is 1.69. The first-order chi connectivity index (χ1) is 8.86. The number of aliphatic carboxylic acids is 1. The van der Waals surface area contributed by atoms with Crippen LogP contribution in [0, 0.1) is 0 Å². The van der Waals surface area contributed by atoms with Gasteiger partial charge in [-0.1, -0.05) is 13.0 Å². The van der Waals surface area contributed by atoms with Gasteiger partial charge in [0.25, 0.3) is 0 Å². The molecule has 0 aliphatic rings. The lowest BCUT2D eigenvalue weighted by atomic mass is 10.3. The number of carboxylic acid groups (broad SMARTS) is 1. The van der Waals surface area contributed by atoms with Gasteiger partial charge in [-0.15, -0.1) is 0 Å². The van der Waals surface area contributed by atoms with E-state index < -0.39 is 21.2 Å². The Morgan fingerprint density at radius 1 is 1.47 bits per heavy atom. The highest BCUT2D eigenvalue weighted by atomic mass is 32.2. The van der Waals surface area contributed by atoms with Crippen molar-refractivity contribution in [1.29, 1.82) is 0 Å². The molecule has 0 saturated heterocycles. The van der Waals surface area contributed by atoms with Crippen LogP contribution in [0.3, 0.4) is 0 Å². The van der Waals surface area contributed by atoms with E-state index in [1.165, 1.54) is 12.1 Å². The summed E-state index contributed by atoms with van der Waals surface area (Å²) in [5, 5.41) is 7.20. The summed E-state index contributed by atoms with van der Waals surface area (Å²) in [5.41, 5.74) is 0.279. The summed E-state index contributed by atoms with van der Waals surface area (Å²) in [6.45, 7) is 3.60. The highest BCUT2D eigenvalue weighted by molar-refractivity contribution is 7.94. The second kappa shape index (κ2) is 6.42. The number of hydrogen-bond donors (Lipinski definition) is 2. The van der Waals surface area contributed by atoms with Crippen molar-refractivity contribution < 1.29 is 23.1 Å². The average Bonchev–Trinajstić information content (AvgIpc) is 2.35. The highest BCUT2D eigenvalue weighted by Crippen LogP contribution is 2.19. The molecule has 1 rings (SSSR count). The van der Waals surface area contributed by atoms with Gasteiger partial charge in [0, 0.05) is 6.07 Å². The molecule has 7 heteroatoms. The number of hydrogen-bond acceptors (Lipinski definition) is 4. The molecule has 106 valence electrons. The number of carboxylic acids is 1. The van der Waals surface area contributed by atoms with Crippen LogP contribution >= 0.6 is 0 Å². The zero-order valence-electron chi connectivity index (χ0n) is 10.8. The van der Waals surface area contributed by atoms with Gasteiger partial charge in [-0.05, 0) is 25.5 Å². The molecule has 2 N–H and O–H groups in total. The lowest BCUT2D eigenvalue weighted by Crippen LogP contribution is -2.32. The fourth-order valence-electron chi connectivity index (χ4n) is 1.25. The number of nitrogens with one attached hydrogen (secondary N) is 1. The van der Waals surface area contributed by atoms with Crippen LogP contribution in [0.2, 0.25) is 0 Å². The molecule has 0 aromatic heterocycles. The minimum atomic E-state index is -3.95. The van der Waals surface area contributed by atoms with Gasteiger partial charge in [0.05, 0.1) is 12.3 Å². The van der Waals surface area contributed by atoms with Crippen LogP contribution in [0.5, 0.6) is 5.75 Å². The molecule has 6 nitrogen and oxygen atoms in total. The molecule has 1 atom stereocenters. The third kappa shape index (κ3) is 4.44. The van der Waals surface area contributed by atoms with Gasteiger partial charge in [-0.25, -0.2) is 8.42 Å². The maximum atomic E-state index is 11.7. The molecule has 0 radical (unpaired) electrons. The van der Waals surface area contributed by atoms with Crippen molar-refractivity contribution in [3.63, 3.8) is 0 Å². The summed E-state index contributed by atoms with van der Waals surface area (Å²) in [6, 6.07) is 6.38. The van der Waals surface area contributed by atoms with E-state index in [2.05, 4.69) is 4.72 Å². The Kier molecular flexibility index (Phi) is 5.17. The maximum Gasteiger partial charge on any atom is 0.323 e. The van der Waals surface area contributed by atoms with Crippen molar-refractivity contribution in [2.24, 2.45) is 0 Å². The SMILES string of the molecule is CCCOc1cccc(NS(=O)(=O)C(C)C(=O)O)c1. The zero-order valence-corrected chi connectivity index (χ0v) is 11.6. The fourth-order valence-corrected chi connectivity index (χ4v) is 2.15. The van der Waals surface area contributed by atoms with E-state index >= 15 is 0 Å². The van der Waals surface area contributed by atoms with E-state index in [0.717, 1.165) is 13.3 Å². The first kappa shape index (κ1) is 15.3. The van der Waals surface area contributed by atoms with Crippen LogP contribution < -0.4 is 9.46 Å². The van der Waals surface area contributed by atoms with E-state index in [0.29, 0.717) is 12.4 Å². The molecule has 0 heterocycles. The summed E-state index contributed by atoms with van der Waals surface area (Å²) in [4.78, 5) is 10.7. The largest absolute Gasteiger partial charge is 0.494 e. The third-order valence-electron chi connectivity index (χ3n) is 2.38. The Bertz CT molecular complexity index is 541. The third-order valence-corrected chi connectivity index (χ3v) is 4.03. The van der Waals surface area contributed by atoms with Crippen LogP contribution in [0.15, 0.2) is 24.3 Å². The molecule has 19 heavy (non-hydrogen) atoms. The quantitative estimate of drug-likeness (QED) is 0.796. The van der Waals surface area contributed by atoms with Gasteiger partial charge in [0.1, 0.15) is 5.75 Å². The topological polar surface area (TPSA) is 92.7 Å². The molecule has 1 aromatic rings. The van der Waals surface area contributed by atoms with E-state index in [1.807, 2.05) is 6.92 Å². The van der Waals surface area contributed by atoms with E-state index in [4.69, 9.17) is 9.84 Å². The van der Waals surface area contributed by atoms with Crippen molar-refractivity contribution in [2.45, 2.75) is 25.5 Å². The van der Waals surface area contributed by atoms with Crippen molar-refractivity contribution in [3.8, 4) is 5.75 Å². The monoisotopic (exact) mass is 287 g/mol. The van der Waals surface area contributed by atoms with E-state index in [9.17, 15) is 13.2 Å².